The number of hydrogen-bond donors (Lipinski definition) is 0. The Labute approximate surface area is 99.4 Å². The lowest BCUT2D eigenvalue weighted by molar-refractivity contribution is 0.563. The summed E-state index contributed by atoms with van der Waals surface area (Å²) >= 11 is 0. The van der Waals surface area contributed by atoms with E-state index in [2.05, 4.69) is 40.9 Å². The molecule has 2 fully saturated rings. The van der Waals surface area contributed by atoms with Crippen LogP contribution in [0.1, 0.15) is 40.5 Å². The summed E-state index contributed by atoms with van der Waals surface area (Å²) in [6, 6.07) is 0. The third kappa shape index (κ3) is 1.27. The van der Waals surface area contributed by atoms with Gasteiger partial charge in [-0.1, -0.05) is 40.0 Å². The van der Waals surface area contributed by atoms with Crippen LogP contribution in [0.5, 0.6) is 0 Å². The van der Waals surface area contributed by atoms with Crippen molar-refractivity contribution in [2.24, 2.45) is 22.2 Å². The van der Waals surface area contributed by atoms with Gasteiger partial charge in [0.2, 0.25) is 0 Å². The normalized spacial score (nSPS) is 47.9. The van der Waals surface area contributed by atoms with E-state index in [1.165, 1.54) is 18.6 Å². The molecule has 0 aromatic rings. The number of nitrogens with zero attached hydrogens (tertiary/aromatic N) is 1. The third-order valence-electron chi connectivity index (χ3n) is 5.23. The minimum absolute atomic E-state index is 0.0670. The third-order valence-corrected chi connectivity index (χ3v) is 5.23. The summed E-state index contributed by atoms with van der Waals surface area (Å²) in [5.74, 6) is 1.35. The molecule has 0 saturated heterocycles. The van der Waals surface area contributed by atoms with E-state index in [9.17, 15) is 0 Å². The summed E-state index contributed by atoms with van der Waals surface area (Å²) in [6.07, 6.45) is 4.35. The molecule has 0 N–H and O–H groups in total. The van der Waals surface area contributed by atoms with Gasteiger partial charge in [0.25, 0.3) is 0 Å². The molecular formula is C15H23N. The van der Waals surface area contributed by atoms with Crippen molar-refractivity contribution in [1.29, 1.82) is 0 Å². The Morgan fingerprint density at radius 2 is 2.19 bits per heavy atom. The molecule has 1 heteroatoms. The second-order valence-corrected chi connectivity index (χ2v) is 5.71. The molecule has 4 atom stereocenters. The second-order valence-electron chi connectivity index (χ2n) is 5.71. The van der Waals surface area contributed by atoms with E-state index < -0.39 is 0 Å². The Kier molecular flexibility index (Phi) is 2.41. The van der Waals surface area contributed by atoms with Gasteiger partial charge in [0.05, 0.1) is 5.54 Å². The zero-order valence-corrected chi connectivity index (χ0v) is 11.0. The van der Waals surface area contributed by atoms with Crippen LogP contribution >= 0.6 is 0 Å². The molecule has 2 aliphatic carbocycles. The predicted molar refractivity (Wildman–Crippen MR) is 70.8 cm³/mol. The van der Waals surface area contributed by atoms with Crippen molar-refractivity contribution < 1.29 is 0 Å². The van der Waals surface area contributed by atoms with E-state index in [4.69, 9.17) is 4.99 Å². The molecule has 0 spiro atoms. The van der Waals surface area contributed by atoms with Crippen LogP contribution in [-0.4, -0.2) is 11.3 Å². The Hall–Kier alpha value is -0.850. The van der Waals surface area contributed by atoms with E-state index in [0.29, 0.717) is 5.92 Å². The van der Waals surface area contributed by atoms with Crippen LogP contribution < -0.4 is 0 Å². The molecule has 3 unspecified atom stereocenters. The zero-order valence-electron chi connectivity index (χ0n) is 11.0. The van der Waals surface area contributed by atoms with Crippen LogP contribution in [0.25, 0.3) is 0 Å². The van der Waals surface area contributed by atoms with Gasteiger partial charge in [0, 0.05) is 17.0 Å². The van der Waals surface area contributed by atoms with Gasteiger partial charge in [-0.25, -0.2) is 0 Å². The van der Waals surface area contributed by atoms with Crippen LogP contribution in [-0.2, 0) is 0 Å². The first-order valence-electron chi connectivity index (χ1n) is 6.32. The summed E-state index contributed by atoms with van der Waals surface area (Å²) in [5, 5.41) is 0. The highest BCUT2D eigenvalue weighted by atomic mass is 15.0. The molecule has 2 rings (SSSR count). The molecule has 0 aromatic carbocycles. The first kappa shape index (κ1) is 11.6. The molecule has 0 aromatic heterocycles. The molecule has 0 radical (unpaired) electrons. The Bertz CT molecular complexity index is 379. The van der Waals surface area contributed by atoms with Gasteiger partial charge in [0.1, 0.15) is 0 Å². The molecule has 16 heavy (non-hydrogen) atoms. The molecule has 0 bridgehead atoms. The molecule has 0 amide bonds. The van der Waals surface area contributed by atoms with Gasteiger partial charge in [-0.15, -0.1) is 0 Å². The maximum absolute atomic E-state index is 5.00. The molecule has 0 heterocycles. The number of rotatable bonds is 4. The molecule has 88 valence electrons. The minimum Gasteiger partial charge on any atom is -0.286 e. The highest BCUT2D eigenvalue weighted by Gasteiger charge is 2.70. The summed E-state index contributed by atoms with van der Waals surface area (Å²) in [5.41, 5.74) is 2.76. The lowest BCUT2D eigenvalue weighted by Gasteiger charge is -2.15. The monoisotopic (exact) mass is 217 g/mol. The Morgan fingerprint density at radius 1 is 1.56 bits per heavy atom. The Morgan fingerprint density at radius 3 is 2.62 bits per heavy atom. The fraction of sp³-hybridized carbons (Fsp3) is 0.667. The molecule has 2 saturated carbocycles. The molecule has 2 aliphatic rings. The highest BCUT2D eigenvalue weighted by molar-refractivity contribution is 6.01. The largest absolute Gasteiger partial charge is 0.286 e. The van der Waals surface area contributed by atoms with E-state index in [1.54, 1.807) is 0 Å². The summed E-state index contributed by atoms with van der Waals surface area (Å²) in [4.78, 5) is 5.00. The fourth-order valence-electron chi connectivity index (χ4n) is 3.07. The van der Waals surface area contributed by atoms with Crippen molar-refractivity contribution in [2.45, 2.75) is 46.1 Å². The standard InChI is InChI=1S/C15H23N/c1-7-10(3)14(5)11(4)15(14,6)16-13-9-12(13)8-2/h7,11-12H,1,3,8-9H2,2,4-6H3/b16-13+/t11?,12-,14?,15?/m1/s1. The van der Waals surface area contributed by atoms with Gasteiger partial charge >= 0.3 is 0 Å². The van der Waals surface area contributed by atoms with Crippen molar-refractivity contribution in [2.75, 3.05) is 0 Å². The van der Waals surface area contributed by atoms with Gasteiger partial charge in [-0.2, -0.15) is 0 Å². The van der Waals surface area contributed by atoms with Crippen molar-refractivity contribution in [3.05, 3.63) is 24.8 Å². The average molecular weight is 217 g/mol. The summed E-state index contributed by atoms with van der Waals surface area (Å²) in [6.45, 7) is 17.0. The van der Waals surface area contributed by atoms with Crippen molar-refractivity contribution in [1.82, 2.24) is 0 Å². The first-order chi connectivity index (χ1) is 7.41. The molecule has 1 nitrogen and oxygen atoms in total. The van der Waals surface area contributed by atoms with Crippen molar-refractivity contribution >= 4 is 5.71 Å². The van der Waals surface area contributed by atoms with Crippen molar-refractivity contribution in [3.8, 4) is 0 Å². The second kappa shape index (κ2) is 3.32. The van der Waals surface area contributed by atoms with Crippen LogP contribution in [0.15, 0.2) is 29.8 Å². The smallest absolute Gasteiger partial charge is 0.0711 e. The SMILES string of the molecule is C=CC(=C)C1(C)C(C)C1(C)/N=C1\C[C@H]1CC. The zero-order chi connectivity index (χ0) is 12.1. The van der Waals surface area contributed by atoms with Crippen molar-refractivity contribution in [3.63, 3.8) is 0 Å². The van der Waals surface area contributed by atoms with Gasteiger partial charge in [-0.3, -0.25) is 4.99 Å². The van der Waals surface area contributed by atoms with Crippen LogP contribution in [0.3, 0.4) is 0 Å². The summed E-state index contributed by atoms with van der Waals surface area (Å²) in [7, 11) is 0. The molecule has 0 aliphatic heterocycles. The minimum atomic E-state index is 0.0670. The van der Waals surface area contributed by atoms with Gasteiger partial charge in [-0.05, 0) is 31.3 Å². The van der Waals surface area contributed by atoms with Crippen LogP contribution in [0.2, 0.25) is 0 Å². The number of aliphatic imine (C=N–C) groups is 1. The maximum atomic E-state index is 5.00. The summed E-state index contributed by atoms with van der Waals surface area (Å²) < 4.78 is 0. The van der Waals surface area contributed by atoms with Crippen LogP contribution in [0.4, 0.5) is 0 Å². The van der Waals surface area contributed by atoms with Gasteiger partial charge < -0.3 is 0 Å². The van der Waals surface area contributed by atoms with Gasteiger partial charge in [0.15, 0.2) is 0 Å². The maximum Gasteiger partial charge on any atom is 0.0711 e. The van der Waals surface area contributed by atoms with E-state index in [1.807, 2.05) is 6.08 Å². The van der Waals surface area contributed by atoms with E-state index >= 15 is 0 Å². The predicted octanol–water partition coefficient (Wildman–Crippen LogP) is 4.01. The topological polar surface area (TPSA) is 12.4 Å². The van der Waals surface area contributed by atoms with E-state index in [-0.39, 0.29) is 11.0 Å². The lowest BCUT2D eigenvalue weighted by Crippen LogP contribution is -2.13. The highest BCUT2D eigenvalue weighted by Crippen LogP contribution is 2.68. The quantitative estimate of drug-likeness (QED) is 0.631. The average Bonchev–Trinajstić information content (AvgIpc) is 3.11. The Balaban J connectivity index is 2.20. The lowest BCUT2D eigenvalue weighted by atomic mass is 9.93. The fourth-order valence-corrected chi connectivity index (χ4v) is 3.07. The molecular weight excluding hydrogens is 194 g/mol. The first-order valence-corrected chi connectivity index (χ1v) is 6.32. The number of allylic oxidation sites excluding steroid dienone is 1. The van der Waals surface area contributed by atoms with E-state index in [0.717, 1.165) is 11.5 Å². The number of hydrogen-bond acceptors (Lipinski definition) is 1. The van der Waals surface area contributed by atoms with Crippen LogP contribution in [0, 0.1) is 17.3 Å².